The zero-order valence-corrected chi connectivity index (χ0v) is 14.1. The first-order valence-electron chi connectivity index (χ1n) is 7.28. The summed E-state index contributed by atoms with van der Waals surface area (Å²) in [7, 11) is -1.89. The van der Waals surface area contributed by atoms with Crippen LogP contribution >= 0.6 is 0 Å². The third-order valence-electron chi connectivity index (χ3n) is 3.63. The number of hydrogen-bond acceptors (Lipinski definition) is 6. The molecule has 3 heterocycles. The van der Waals surface area contributed by atoms with Crippen LogP contribution in [0.3, 0.4) is 0 Å². The van der Waals surface area contributed by atoms with E-state index < -0.39 is 16.1 Å². The molecule has 3 rings (SSSR count). The summed E-state index contributed by atoms with van der Waals surface area (Å²) < 4.78 is 34.1. The Bertz CT molecular complexity index is 797. The van der Waals surface area contributed by atoms with E-state index in [9.17, 15) is 8.42 Å². The molecule has 1 aliphatic rings. The van der Waals surface area contributed by atoms with Crippen LogP contribution in [0.1, 0.15) is 23.3 Å². The third kappa shape index (κ3) is 3.26. The quantitative estimate of drug-likeness (QED) is 0.814. The smallest absolute Gasteiger partial charge is 0.262 e. The second kappa shape index (κ2) is 5.99. The number of imidazole rings is 1. The van der Waals surface area contributed by atoms with Crippen molar-refractivity contribution in [2.24, 2.45) is 7.05 Å². The molecule has 8 nitrogen and oxygen atoms in total. The Kier molecular flexibility index (Phi) is 4.17. The number of nitrogens with zero attached hydrogens (tertiary/aromatic N) is 5. The molecule has 0 N–H and O–H groups in total. The van der Waals surface area contributed by atoms with Crippen molar-refractivity contribution in [1.29, 1.82) is 0 Å². The summed E-state index contributed by atoms with van der Waals surface area (Å²) >= 11 is 0. The van der Waals surface area contributed by atoms with Crippen LogP contribution in [0.5, 0.6) is 0 Å². The van der Waals surface area contributed by atoms with Gasteiger partial charge in [-0.1, -0.05) is 0 Å². The fourth-order valence-corrected chi connectivity index (χ4v) is 3.98. The molecule has 0 spiro atoms. The Hall–Kier alpha value is -1.84. The SMILES string of the molecule is Cc1cc([C@@H]2CN(S(=O)(=O)c3cn(C)cn3)CCO2)nc(C)n1. The van der Waals surface area contributed by atoms with E-state index in [4.69, 9.17) is 4.74 Å². The fourth-order valence-electron chi connectivity index (χ4n) is 2.59. The molecule has 1 atom stereocenters. The second-order valence-corrected chi connectivity index (χ2v) is 7.47. The lowest BCUT2D eigenvalue weighted by molar-refractivity contribution is -0.00519. The maximum Gasteiger partial charge on any atom is 0.262 e. The maximum atomic E-state index is 12.7. The summed E-state index contributed by atoms with van der Waals surface area (Å²) in [4.78, 5) is 12.6. The largest absolute Gasteiger partial charge is 0.369 e. The van der Waals surface area contributed by atoms with Gasteiger partial charge in [-0.3, -0.25) is 0 Å². The molecule has 9 heteroatoms. The van der Waals surface area contributed by atoms with Crippen molar-refractivity contribution in [2.75, 3.05) is 19.7 Å². The molecule has 2 aromatic rings. The monoisotopic (exact) mass is 337 g/mol. The van der Waals surface area contributed by atoms with Crippen LogP contribution in [-0.2, 0) is 21.8 Å². The van der Waals surface area contributed by atoms with Gasteiger partial charge in [0, 0.05) is 32.0 Å². The van der Waals surface area contributed by atoms with Gasteiger partial charge in [-0.2, -0.15) is 4.31 Å². The number of aromatic nitrogens is 4. The van der Waals surface area contributed by atoms with Crippen molar-refractivity contribution < 1.29 is 13.2 Å². The topological polar surface area (TPSA) is 90.2 Å². The molecular weight excluding hydrogens is 318 g/mol. The normalized spacial score (nSPS) is 19.9. The summed E-state index contributed by atoms with van der Waals surface area (Å²) in [5.41, 5.74) is 1.54. The molecule has 0 saturated carbocycles. The van der Waals surface area contributed by atoms with Gasteiger partial charge in [-0.25, -0.2) is 23.4 Å². The van der Waals surface area contributed by atoms with Crippen molar-refractivity contribution in [3.05, 3.63) is 35.8 Å². The lowest BCUT2D eigenvalue weighted by Crippen LogP contribution is -2.42. The summed E-state index contributed by atoms with van der Waals surface area (Å²) in [5.74, 6) is 0.647. The first-order chi connectivity index (χ1) is 10.9. The van der Waals surface area contributed by atoms with E-state index in [1.807, 2.05) is 19.9 Å². The zero-order valence-electron chi connectivity index (χ0n) is 13.3. The van der Waals surface area contributed by atoms with Gasteiger partial charge in [0.25, 0.3) is 10.0 Å². The zero-order chi connectivity index (χ0) is 16.6. The molecule has 0 radical (unpaired) electrons. The standard InChI is InChI=1S/C14H19N5O3S/c1-10-6-12(17-11(2)16-10)13-7-19(4-5-22-13)23(20,21)14-8-18(3)9-15-14/h6,8-9,13H,4-5,7H2,1-3H3/t13-/m0/s1. The van der Waals surface area contributed by atoms with Gasteiger partial charge in [-0.05, 0) is 19.9 Å². The van der Waals surface area contributed by atoms with Gasteiger partial charge in [0.05, 0.1) is 18.6 Å². The predicted molar refractivity (Wildman–Crippen MR) is 82.2 cm³/mol. The first-order valence-corrected chi connectivity index (χ1v) is 8.72. The molecule has 1 fully saturated rings. The highest BCUT2D eigenvalue weighted by molar-refractivity contribution is 7.89. The summed E-state index contributed by atoms with van der Waals surface area (Å²) in [6.07, 6.45) is 2.57. The van der Waals surface area contributed by atoms with Crippen LogP contribution in [0.2, 0.25) is 0 Å². The Labute approximate surface area is 135 Å². The predicted octanol–water partition coefficient (Wildman–Crippen LogP) is 0.589. The van der Waals surface area contributed by atoms with E-state index in [0.717, 1.165) is 5.69 Å². The molecule has 0 unspecified atom stereocenters. The molecule has 1 aliphatic heterocycles. The van der Waals surface area contributed by atoms with Crippen molar-refractivity contribution in [1.82, 2.24) is 23.8 Å². The average Bonchev–Trinajstić information content (AvgIpc) is 2.94. The van der Waals surface area contributed by atoms with Crippen LogP contribution in [-0.4, -0.2) is 51.9 Å². The Morgan fingerprint density at radius 1 is 1.30 bits per heavy atom. The molecule has 0 bridgehead atoms. The molecule has 124 valence electrons. The molecule has 0 amide bonds. The number of hydrogen-bond donors (Lipinski definition) is 0. The summed E-state index contributed by atoms with van der Waals surface area (Å²) in [5, 5.41) is 0.0516. The number of aryl methyl sites for hydroxylation is 3. The minimum absolute atomic E-state index is 0.0516. The minimum atomic E-state index is -3.62. The molecule has 0 aromatic carbocycles. The van der Waals surface area contributed by atoms with Crippen molar-refractivity contribution in [2.45, 2.75) is 25.0 Å². The van der Waals surface area contributed by atoms with E-state index in [-0.39, 0.29) is 11.6 Å². The fraction of sp³-hybridized carbons (Fsp3) is 0.500. The van der Waals surface area contributed by atoms with Crippen LogP contribution in [0.25, 0.3) is 0 Å². The Balaban J connectivity index is 1.86. The summed E-state index contributed by atoms with van der Waals surface area (Å²) in [6, 6.07) is 1.83. The lowest BCUT2D eigenvalue weighted by Gasteiger charge is -2.31. The maximum absolute atomic E-state index is 12.7. The molecular formula is C14H19N5O3S. The minimum Gasteiger partial charge on any atom is -0.369 e. The van der Waals surface area contributed by atoms with Crippen molar-refractivity contribution >= 4 is 10.0 Å². The number of ether oxygens (including phenoxy) is 1. The van der Waals surface area contributed by atoms with E-state index in [1.54, 1.807) is 11.6 Å². The van der Waals surface area contributed by atoms with Gasteiger partial charge in [0.15, 0.2) is 5.03 Å². The average molecular weight is 337 g/mol. The molecule has 2 aromatic heterocycles. The molecule has 23 heavy (non-hydrogen) atoms. The van der Waals surface area contributed by atoms with Crippen LogP contribution < -0.4 is 0 Å². The first kappa shape index (κ1) is 16.0. The molecule has 0 aliphatic carbocycles. The molecule has 1 saturated heterocycles. The van der Waals surface area contributed by atoms with Gasteiger partial charge >= 0.3 is 0 Å². The van der Waals surface area contributed by atoms with Gasteiger partial charge in [-0.15, -0.1) is 0 Å². The highest BCUT2D eigenvalue weighted by Gasteiger charge is 2.33. The summed E-state index contributed by atoms with van der Waals surface area (Å²) in [6.45, 7) is 4.53. The van der Waals surface area contributed by atoms with Crippen LogP contribution in [0.4, 0.5) is 0 Å². The second-order valence-electron chi connectivity index (χ2n) is 5.58. The Morgan fingerprint density at radius 3 is 2.74 bits per heavy atom. The van der Waals surface area contributed by atoms with E-state index in [2.05, 4.69) is 15.0 Å². The van der Waals surface area contributed by atoms with E-state index >= 15 is 0 Å². The van der Waals surface area contributed by atoms with Crippen LogP contribution in [0.15, 0.2) is 23.6 Å². The van der Waals surface area contributed by atoms with Crippen LogP contribution in [0, 0.1) is 13.8 Å². The van der Waals surface area contributed by atoms with Gasteiger partial charge < -0.3 is 9.30 Å². The highest BCUT2D eigenvalue weighted by atomic mass is 32.2. The van der Waals surface area contributed by atoms with E-state index in [1.165, 1.54) is 16.8 Å². The number of morpholine rings is 1. The lowest BCUT2D eigenvalue weighted by atomic mass is 10.2. The Morgan fingerprint density at radius 2 is 2.09 bits per heavy atom. The van der Waals surface area contributed by atoms with Gasteiger partial charge in [0.2, 0.25) is 0 Å². The number of sulfonamides is 1. The van der Waals surface area contributed by atoms with Gasteiger partial charge in [0.1, 0.15) is 11.9 Å². The third-order valence-corrected chi connectivity index (χ3v) is 5.38. The van der Waals surface area contributed by atoms with E-state index in [0.29, 0.717) is 24.7 Å². The van der Waals surface area contributed by atoms with Crippen molar-refractivity contribution in [3.63, 3.8) is 0 Å². The van der Waals surface area contributed by atoms with Crippen molar-refractivity contribution in [3.8, 4) is 0 Å². The number of rotatable bonds is 3. The highest BCUT2D eigenvalue weighted by Crippen LogP contribution is 2.25.